The number of nitrogens with zero attached hydrogens (tertiary/aromatic N) is 1. The minimum Gasteiger partial charge on any atom is -0.481 e. The number of carboxylic acids is 1. The molecule has 20 heavy (non-hydrogen) atoms. The molecule has 1 aromatic rings. The van der Waals surface area contributed by atoms with Gasteiger partial charge in [0.2, 0.25) is 0 Å². The SMILES string of the molecule is O=C(O)CC1COCCN1C(=O)c1ccc(F)c(Cl)c1. The maximum absolute atomic E-state index is 13.1. The standard InChI is InChI=1S/C13H13ClFNO4/c14-10-5-8(1-2-11(10)15)13(19)16-3-4-20-7-9(16)6-12(17)18/h1-2,5,9H,3-4,6-7H2,(H,17,18). The highest BCUT2D eigenvalue weighted by atomic mass is 35.5. The van der Waals surface area contributed by atoms with E-state index in [1.165, 1.54) is 17.0 Å². The van der Waals surface area contributed by atoms with Crippen LogP contribution in [0.2, 0.25) is 5.02 Å². The van der Waals surface area contributed by atoms with Crippen LogP contribution in [-0.2, 0) is 9.53 Å². The lowest BCUT2D eigenvalue weighted by Crippen LogP contribution is -2.49. The van der Waals surface area contributed by atoms with Gasteiger partial charge in [-0.2, -0.15) is 0 Å². The summed E-state index contributed by atoms with van der Waals surface area (Å²) < 4.78 is 18.3. The van der Waals surface area contributed by atoms with Crippen molar-refractivity contribution in [1.82, 2.24) is 4.90 Å². The van der Waals surface area contributed by atoms with E-state index in [0.717, 1.165) is 6.07 Å². The van der Waals surface area contributed by atoms with Gasteiger partial charge in [-0.3, -0.25) is 9.59 Å². The fraction of sp³-hybridized carbons (Fsp3) is 0.385. The van der Waals surface area contributed by atoms with Gasteiger partial charge in [0.05, 0.1) is 30.7 Å². The maximum Gasteiger partial charge on any atom is 0.305 e. The first-order valence-electron chi connectivity index (χ1n) is 6.04. The number of carbonyl (C=O) groups is 2. The lowest BCUT2D eigenvalue weighted by atomic mass is 10.1. The molecule has 1 fully saturated rings. The third-order valence-corrected chi connectivity index (χ3v) is 3.35. The fourth-order valence-electron chi connectivity index (χ4n) is 2.09. The van der Waals surface area contributed by atoms with Crippen molar-refractivity contribution in [2.45, 2.75) is 12.5 Å². The van der Waals surface area contributed by atoms with Crippen LogP contribution in [0.25, 0.3) is 0 Å². The number of hydrogen-bond donors (Lipinski definition) is 1. The van der Waals surface area contributed by atoms with Gasteiger partial charge in [-0.15, -0.1) is 0 Å². The number of hydrogen-bond acceptors (Lipinski definition) is 3. The average molecular weight is 302 g/mol. The molecule has 2 rings (SSSR count). The molecule has 1 heterocycles. The van der Waals surface area contributed by atoms with Gasteiger partial charge >= 0.3 is 5.97 Å². The molecule has 1 saturated heterocycles. The first-order valence-corrected chi connectivity index (χ1v) is 6.42. The van der Waals surface area contributed by atoms with Gasteiger partial charge in [-0.25, -0.2) is 4.39 Å². The van der Waals surface area contributed by atoms with Gasteiger partial charge in [-0.1, -0.05) is 11.6 Å². The number of morpholine rings is 1. The van der Waals surface area contributed by atoms with Crippen molar-refractivity contribution in [2.75, 3.05) is 19.8 Å². The number of ether oxygens (including phenoxy) is 1. The van der Waals surface area contributed by atoms with E-state index < -0.39 is 17.8 Å². The molecule has 1 aliphatic rings. The molecule has 1 aromatic carbocycles. The quantitative estimate of drug-likeness (QED) is 0.924. The Morgan fingerprint density at radius 3 is 2.90 bits per heavy atom. The molecular weight excluding hydrogens is 289 g/mol. The Balaban J connectivity index is 2.20. The molecule has 5 nitrogen and oxygen atoms in total. The zero-order valence-electron chi connectivity index (χ0n) is 10.5. The topological polar surface area (TPSA) is 66.8 Å². The smallest absolute Gasteiger partial charge is 0.305 e. The number of carbonyl (C=O) groups excluding carboxylic acids is 1. The number of benzene rings is 1. The largest absolute Gasteiger partial charge is 0.481 e. The maximum atomic E-state index is 13.1. The minimum absolute atomic E-state index is 0.140. The highest BCUT2D eigenvalue weighted by Crippen LogP contribution is 2.20. The first-order chi connectivity index (χ1) is 9.49. The third kappa shape index (κ3) is 3.26. The lowest BCUT2D eigenvalue weighted by Gasteiger charge is -2.34. The molecule has 1 N–H and O–H groups in total. The molecule has 0 spiro atoms. The van der Waals surface area contributed by atoms with Gasteiger partial charge in [0, 0.05) is 12.1 Å². The van der Waals surface area contributed by atoms with E-state index in [0.29, 0.717) is 13.2 Å². The molecule has 1 aliphatic heterocycles. The average Bonchev–Trinajstić information content (AvgIpc) is 2.41. The molecule has 0 aliphatic carbocycles. The van der Waals surface area contributed by atoms with Gasteiger partial charge in [0.1, 0.15) is 5.82 Å². The second-order valence-electron chi connectivity index (χ2n) is 4.45. The van der Waals surface area contributed by atoms with Gasteiger partial charge in [0.25, 0.3) is 5.91 Å². The lowest BCUT2D eigenvalue weighted by molar-refractivity contribution is -0.139. The van der Waals surface area contributed by atoms with Crippen LogP contribution in [0.1, 0.15) is 16.8 Å². The third-order valence-electron chi connectivity index (χ3n) is 3.07. The normalized spacial score (nSPS) is 18.9. The molecule has 0 saturated carbocycles. The van der Waals surface area contributed by atoms with Crippen molar-refractivity contribution in [3.8, 4) is 0 Å². The molecule has 7 heteroatoms. The second-order valence-corrected chi connectivity index (χ2v) is 4.86. The number of rotatable bonds is 3. The molecule has 1 unspecified atom stereocenters. The van der Waals surface area contributed by atoms with E-state index in [1.54, 1.807) is 0 Å². The molecule has 0 aromatic heterocycles. The summed E-state index contributed by atoms with van der Waals surface area (Å²) in [6.07, 6.45) is -0.194. The van der Waals surface area contributed by atoms with Crippen LogP contribution in [0.3, 0.4) is 0 Å². The predicted octanol–water partition coefficient (Wildman–Crippen LogP) is 1.79. The molecule has 1 atom stereocenters. The Labute approximate surface area is 119 Å². The van der Waals surface area contributed by atoms with E-state index in [-0.39, 0.29) is 29.5 Å². The summed E-state index contributed by atoms with van der Waals surface area (Å²) in [7, 11) is 0. The number of aliphatic carboxylic acids is 1. The molecule has 0 radical (unpaired) electrons. The number of amides is 1. The van der Waals surface area contributed by atoms with Crippen LogP contribution in [0, 0.1) is 5.82 Å². The van der Waals surface area contributed by atoms with Crippen LogP contribution in [0.15, 0.2) is 18.2 Å². The van der Waals surface area contributed by atoms with Crippen LogP contribution in [0.5, 0.6) is 0 Å². The summed E-state index contributed by atoms with van der Waals surface area (Å²) in [5.41, 5.74) is 0.230. The van der Waals surface area contributed by atoms with Crippen LogP contribution in [-0.4, -0.2) is 47.7 Å². The monoisotopic (exact) mass is 301 g/mol. The van der Waals surface area contributed by atoms with E-state index in [4.69, 9.17) is 21.4 Å². The fourth-order valence-corrected chi connectivity index (χ4v) is 2.27. The summed E-state index contributed by atoms with van der Waals surface area (Å²) in [6.45, 7) is 0.815. The van der Waals surface area contributed by atoms with Crippen molar-refractivity contribution in [1.29, 1.82) is 0 Å². The molecule has 0 bridgehead atoms. The summed E-state index contributed by atoms with van der Waals surface area (Å²) in [6, 6.07) is 3.16. The Hall–Kier alpha value is -1.66. The van der Waals surface area contributed by atoms with E-state index >= 15 is 0 Å². The Morgan fingerprint density at radius 2 is 2.25 bits per heavy atom. The first kappa shape index (κ1) is 14.7. The van der Waals surface area contributed by atoms with Gasteiger partial charge in [-0.05, 0) is 18.2 Å². The zero-order valence-corrected chi connectivity index (χ0v) is 11.3. The van der Waals surface area contributed by atoms with Crippen LogP contribution < -0.4 is 0 Å². The van der Waals surface area contributed by atoms with Crippen LogP contribution in [0.4, 0.5) is 4.39 Å². The van der Waals surface area contributed by atoms with Gasteiger partial charge < -0.3 is 14.7 Å². The summed E-state index contributed by atoms with van der Waals surface area (Å²) >= 11 is 5.65. The van der Waals surface area contributed by atoms with Crippen molar-refractivity contribution in [3.63, 3.8) is 0 Å². The van der Waals surface area contributed by atoms with E-state index in [9.17, 15) is 14.0 Å². The highest BCUT2D eigenvalue weighted by Gasteiger charge is 2.30. The highest BCUT2D eigenvalue weighted by molar-refractivity contribution is 6.31. The number of carboxylic acid groups (broad SMARTS) is 1. The summed E-state index contributed by atoms with van der Waals surface area (Å²) in [5.74, 6) is -1.98. The van der Waals surface area contributed by atoms with E-state index in [2.05, 4.69) is 0 Å². The Kier molecular flexibility index (Phi) is 4.57. The van der Waals surface area contributed by atoms with Crippen molar-refractivity contribution < 1.29 is 23.8 Å². The Bertz CT molecular complexity index is 537. The molecule has 108 valence electrons. The van der Waals surface area contributed by atoms with Crippen molar-refractivity contribution in [3.05, 3.63) is 34.6 Å². The number of halogens is 2. The van der Waals surface area contributed by atoms with Crippen LogP contribution >= 0.6 is 11.6 Å². The molecular formula is C13H13ClFNO4. The Morgan fingerprint density at radius 1 is 1.50 bits per heavy atom. The summed E-state index contributed by atoms with van der Waals surface area (Å²) in [4.78, 5) is 24.6. The van der Waals surface area contributed by atoms with Crippen molar-refractivity contribution in [2.24, 2.45) is 0 Å². The summed E-state index contributed by atoms with van der Waals surface area (Å²) in [5, 5.41) is 8.71. The van der Waals surface area contributed by atoms with E-state index in [1.807, 2.05) is 0 Å². The zero-order chi connectivity index (χ0) is 14.7. The van der Waals surface area contributed by atoms with Crippen molar-refractivity contribution >= 4 is 23.5 Å². The van der Waals surface area contributed by atoms with Gasteiger partial charge in [0.15, 0.2) is 0 Å². The minimum atomic E-state index is -1.00. The molecule has 1 amide bonds. The predicted molar refractivity (Wildman–Crippen MR) is 69.3 cm³/mol. The second kappa shape index (κ2) is 6.19.